The predicted molar refractivity (Wildman–Crippen MR) is 71.8 cm³/mol. The highest BCUT2D eigenvalue weighted by Crippen LogP contribution is 2.31. The Morgan fingerprint density at radius 3 is 3.22 bits per heavy atom. The van der Waals surface area contributed by atoms with Crippen LogP contribution >= 0.6 is 0 Å². The van der Waals surface area contributed by atoms with Gasteiger partial charge in [0.15, 0.2) is 0 Å². The molecule has 1 spiro atoms. The maximum atomic E-state index is 5.84. The highest BCUT2D eigenvalue weighted by atomic mass is 16.5. The maximum Gasteiger partial charge on any atom is 0.0641 e. The van der Waals surface area contributed by atoms with Gasteiger partial charge in [0.05, 0.1) is 25.1 Å². The van der Waals surface area contributed by atoms with Crippen LogP contribution in [0.5, 0.6) is 0 Å². The third-order valence-electron chi connectivity index (χ3n) is 4.01. The molecule has 4 nitrogen and oxygen atoms in total. The first-order valence-corrected chi connectivity index (χ1v) is 6.82. The molecule has 0 aliphatic carbocycles. The number of pyridine rings is 1. The highest BCUT2D eigenvalue weighted by molar-refractivity contribution is 5.44. The molecule has 2 fully saturated rings. The van der Waals surface area contributed by atoms with Crippen LogP contribution in [0.3, 0.4) is 0 Å². The third kappa shape index (κ3) is 2.49. The van der Waals surface area contributed by atoms with Gasteiger partial charge in [0.2, 0.25) is 0 Å². The minimum Gasteiger partial charge on any atom is -0.379 e. The molecule has 0 amide bonds. The summed E-state index contributed by atoms with van der Waals surface area (Å²) in [5.74, 6) is 0. The number of nitrogens with one attached hydrogen (secondary N) is 1. The summed E-state index contributed by atoms with van der Waals surface area (Å²) in [6, 6.07) is 4.15. The smallest absolute Gasteiger partial charge is 0.0641 e. The zero-order valence-electron chi connectivity index (χ0n) is 10.8. The van der Waals surface area contributed by atoms with E-state index in [9.17, 15) is 0 Å². The fraction of sp³-hybridized carbons (Fsp3) is 0.643. The summed E-state index contributed by atoms with van der Waals surface area (Å²) in [5, 5.41) is 3.52. The van der Waals surface area contributed by atoms with E-state index in [1.165, 1.54) is 18.5 Å². The topological polar surface area (TPSA) is 37.4 Å². The van der Waals surface area contributed by atoms with Crippen molar-refractivity contribution in [3.05, 3.63) is 24.5 Å². The number of piperidine rings is 1. The highest BCUT2D eigenvalue weighted by Gasteiger charge is 2.36. The molecule has 18 heavy (non-hydrogen) atoms. The lowest BCUT2D eigenvalue weighted by Crippen LogP contribution is -2.48. The average molecular weight is 247 g/mol. The Morgan fingerprint density at radius 1 is 1.44 bits per heavy atom. The van der Waals surface area contributed by atoms with Crippen molar-refractivity contribution >= 4 is 5.69 Å². The Labute approximate surface area is 108 Å². The van der Waals surface area contributed by atoms with Gasteiger partial charge in [0.25, 0.3) is 0 Å². The molecule has 4 heteroatoms. The van der Waals surface area contributed by atoms with Crippen molar-refractivity contribution in [2.24, 2.45) is 5.41 Å². The van der Waals surface area contributed by atoms with Crippen LogP contribution in [-0.2, 0) is 4.74 Å². The molecule has 3 rings (SSSR count). The van der Waals surface area contributed by atoms with Crippen molar-refractivity contribution in [3.8, 4) is 0 Å². The van der Waals surface area contributed by atoms with E-state index in [0.29, 0.717) is 0 Å². The molecule has 0 aromatic carbocycles. The van der Waals surface area contributed by atoms with Gasteiger partial charge in [-0.2, -0.15) is 0 Å². The van der Waals surface area contributed by atoms with E-state index in [0.717, 1.165) is 39.4 Å². The predicted octanol–water partition coefficient (Wildman–Crippen LogP) is 1.29. The summed E-state index contributed by atoms with van der Waals surface area (Å²) in [5.41, 5.74) is 1.50. The number of nitrogens with zero attached hydrogens (tertiary/aromatic N) is 2. The summed E-state index contributed by atoms with van der Waals surface area (Å²) < 4.78 is 5.84. The van der Waals surface area contributed by atoms with Gasteiger partial charge in [0.1, 0.15) is 0 Å². The van der Waals surface area contributed by atoms with Gasteiger partial charge in [-0.25, -0.2) is 0 Å². The molecule has 0 radical (unpaired) electrons. The molecule has 3 heterocycles. The second-order valence-electron chi connectivity index (χ2n) is 5.47. The number of aromatic nitrogens is 1. The molecule has 2 aliphatic rings. The van der Waals surface area contributed by atoms with E-state index in [1.54, 1.807) is 0 Å². The summed E-state index contributed by atoms with van der Waals surface area (Å²) in [6.07, 6.45) is 6.30. The van der Waals surface area contributed by atoms with Gasteiger partial charge in [-0.15, -0.1) is 0 Å². The minimum absolute atomic E-state index is 0.282. The van der Waals surface area contributed by atoms with Crippen LogP contribution < -0.4 is 10.2 Å². The molecular weight excluding hydrogens is 226 g/mol. The van der Waals surface area contributed by atoms with Crippen LogP contribution in [0.15, 0.2) is 24.5 Å². The summed E-state index contributed by atoms with van der Waals surface area (Å²) >= 11 is 0. The number of anilines is 1. The zero-order valence-corrected chi connectivity index (χ0v) is 10.8. The molecule has 2 aliphatic heterocycles. The van der Waals surface area contributed by atoms with Crippen molar-refractivity contribution in [2.75, 3.05) is 44.3 Å². The van der Waals surface area contributed by atoms with Gasteiger partial charge in [-0.1, -0.05) is 0 Å². The number of hydrogen-bond donors (Lipinski definition) is 1. The molecule has 0 saturated carbocycles. The van der Waals surface area contributed by atoms with Crippen LogP contribution in [0.25, 0.3) is 0 Å². The van der Waals surface area contributed by atoms with E-state index in [4.69, 9.17) is 4.74 Å². The first-order valence-electron chi connectivity index (χ1n) is 6.82. The second kappa shape index (κ2) is 5.24. The van der Waals surface area contributed by atoms with Crippen molar-refractivity contribution in [3.63, 3.8) is 0 Å². The second-order valence-corrected chi connectivity index (χ2v) is 5.47. The first-order chi connectivity index (χ1) is 8.88. The van der Waals surface area contributed by atoms with E-state index in [1.807, 2.05) is 18.5 Å². The van der Waals surface area contributed by atoms with Crippen LogP contribution in [0.2, 0.25) is 0 Å². The van der Waals surface area contributed by atoms with Crippen LogP contribution in [0, 0.1) is 5.41 Å². The number of rotatable bonds is 1. The molecule has 2 saturated heterocycles. The molecule has 0 bridgehead atoms. The molecule has 1 atom stereocenters. The lowest BCUT2D eigenvalue weighted by atomic mass is 9.81. The fourth-order valence-corrected chi connectivity index (χ4v) is 3.04. The average Bonchev–Trinajstić information content (AvgIpc) is 2.64. The SMILES string of the molecule is c1cncc(N2CCOC[C@@]3(CCCNC3)C2)c1. The minimum atomic E-state index is 0.282. The van der Waals surface area contributed by atoms with Crippen molar-refractivity contribution in [1.82, 2.24) is 10.3 Å². The van der Waals surface area contributed by atoms with Crippen LogP contribution in [0.4, 0.5) is 5.69 Å². The first kappa shape index (κ1) is 11.9. The van der Waals surface area contributed by atoms with E-state index in [2.05, 4.69) is 21.3 Å². The number of hydrogen-bond acceptors (Lipinski definition) is 4. The normalized spacial score (nSPS) is 29.2. The van der Waals surface area contributed by atoms with Gasteiger partial charge in [-0.05, 0) is 31.5 Å². The zero-order chi connectivity index (χ0) is 12.3. The Bertz CT molecular complexity index is 376. The molecule has 1 N–H and O–H groups in total. The lowest BCUT2D eigenvalue weighted by Gasteiger charge is -2.39. The van der Waals surface area contributed by atoms with E-state index < -0.39 is 0 Å². The molecule has 1 aromatic heterocycles. The Balaban J connectivity index is 1.78. The van der Waals surface area contributed by atoms with E-state index in [-0.39, 0.29) is 5.41 Å². The van der Waals surface area contributed by atoms with Gasteiger partial charge >= 0.3 is 0 Å². The fourth-order valence-electron chi connectivity index (χ4n) is 3.04. The van der Waals surface area contributed by atoms with Gasteiger partial charge in [0, 0.05) is 31.2 Å². The third-order valence-corrected chi connectivity index (χ3v) is 4.01. The van der Waals surface area contributed by atoms with Crippen LogP contribution in [-0.4, -0.2) is 44.4 Å². The van der Waals surface area contributed by atoms with Crippen LogP contribution in [0.1, 0.15) is 12.8 Å². The largest absolute Gasteiger partial charge is 0.379 e. The summed E-state index contributed by atoms with van der Waals surface area (Å²) in [7, 11) is 0. The van der Waals surface area contributed by atoms with Crippen molar-refractivity contribution in [2.45, 2.75) is 12.8 Å². The Hall–Kier alpha value is -1.13. The van der Waals surface area contributed by atoms with Crippen molar-refractivity contribution < 1.29 is 4.74 Å². The van der Waals surface area contributed by atoms with Crippen molar-refractivity contribution in [1.29, 1.82) is 0 Å². The summed E-state index contributed by atoms with van der Waals surface area (Å²) in [6.45, 7) is 5.96. The molecular formula is C14H21N3O. The molecule has 0 unspecified atom stereocenters. The lowest BCUT2D eigenvalue weighted by molar-refractivity contribution is 0.0536. The number of ether oxygens (including phenoxy) is 1. The summed E-state index contributed by atoms with van der Waals surface area (Å²) in [4.78, 5) is 6.65. The van der Waals surface area contributed by atoms with Gasteiger partial charge in [-0.3, -0.25) is 4.98 Å². The standard InChI is InChI=1S/C14H21N3O/c1-3-13(9-15-5-1)17-7-8-18-12-14(11-17)4-2-6-16-10-14/h1,3,5,9,16H,2,4,6-8,10-12H2/t14-/m1/s1. The van der Waals surface area contributed by atoms with Gasteiger partial charge < -0.3 is 15.0 Å². The molecule has 1 aromatic rings. The molecule has 98 valence electrons. The van der Waals surface area contributed by atoms with E-state index >= 15 is 0 Å². The maximum absolute atomic E-state index is 5.84. The Kier molecular flexibility index (Phi) is 3.48. The quantitative estimate of drug-likeness (QED) is 0.811. The Morgan fingerprint density at radius 2 is 2.44 bits per heavy atom. The monoisotopic (exact) mass is 247 g/mol.